The fourth-order valence-electron chi connectivity index (χ4n) is 2.79. The van der Waals surface area contributed by atoms with E-state index in [1.165, 1.54) is 11.3 Å². The highest BCUT2D eigenvalue weighted by Gasteiger charge is 2.14. The van der Waals surface area contributed by atoms with Crippen molar-refractivity contribution >= 4 is 22.4 Å². The first-order chi connectivity index (χ1) is 13.6. The van der Waals surface area contributed by atoms with Gasteiger partial charge in [0.05, 0.1) is 27.0 Å². The Balaban J connectivity index is 1.63. The minimum absolute atomic E-state index is 0.0947. The zero-order chi connectivity index (χ0) is 19.9. The van der Waals surface area contributed by atoms with Gasteiger partial charge in [0.25, 0.3) is 0 Å². The van der Waals surface area contributed by atoms with Crippen molar-refractivity contribution in [2.45, 2.75) is 12.8 Å². The van der Waals surface area contributed by atoms with Crippen molar-refractivity contribution in [3.63, 3.8) is 0 Å². The number of carbonyl (C=O) groups is 1. The molecule has 7 heteroatoms. The lowest BCUT2D eigenvalue weighted by atomic mass is 10.1. The quantitative estimate of drug-likeness (QED) is 0.609. The smallest absolute Gasteiger partial charge is 0.226 e. The number of methoxy groups -OCH3 is 3. The highest BCUT2D eigenvalue weighted by atomic mass is 32.1. The SMILES string of the molecule is COc1cc(CCC(=O)Nc2nc(-c3ccccc3)cs2)cc(OC)c1OC. The van der Waals surface area contributed by atoms with Gasteiger partial charge in [0, 0.05) is 17.4 Å². The lowest BCUT2D eigenvalue weighted by Crippen LogP contribution is -2.12. The summed E-state index contributed by atoms with van der Waals surface area (Å²) in [6.45, 7) is 0. The normalized spacial score (nSPS) is 10.4. The van der Waals surface area contributed by atoms with Crippen molar-refractivity contribution < 1.29 is 19.0 Å². The number of nitrogens with one attached hydrogen (secondary N) is 1. The van der Waals surface area contributed by atoms with Gasteiger partial charge in [0.1, 0.15) is 0 Å². The fourth-order valence-corrected chi connectivity index (χ4v) is 3.53. The molecule has 0 aliphatic carbocycles. The summed E-state index contributed by atoms with van der Waals surface area (Å²) in [6.07, 6.45) is 0.859. The molecule has 0 saturated carbocycles. The summed E-state index contributed by atoms with van der Waals surface area (Å²) in [4.78, 5) is 16.8. The van der Waals surface area contributed by atoms with Crippen LogP contribution >= 0.6 is 11.3 Å². The van der Waals surface area contributed by atoms with Gasteiger partial charge >= 0.3 is 0 Å². The Kier molecular flexibility index (Phi) is 6.49. The molecule has 0 aliphatic rings. The maximum Gasteiger partial charge on any atom is 0.226 e. The fraction of sp³-hybridized carbons (Fsp3) is 0.238. The van der Waals surface area contributed by atoms with Gasteiger partial charge in [0.2, 0.25) is 11.7 Å². The van der Waals surface area contributed by atoms with Crippen LogP contribution in [0.2, 0.25) is 0 Å². The van der Waals surface area contributed by atoms with E-state index >= 15 is 0 Å². The predicted molar refractivity (Wildman–Crippen MR) is 111 cm³/mol. The van der Waals surface area contributed by atoms with E-state index in [9.17, 15) is 4.79 Å². The van der Waals surface area contributed by atoms with Crippen molar-refractivity contribution in [2.75, 3.05) is 26.6 Å². The molecular weight excluding hydrogens is 376 g/mol. The van der Waals surface area contributed by atoms with E-state index in [1.54, 1.807) is 21.3 Å². The Labute approximate surface area is 168 Å². The maximum atomic E-state index is 12.3. The number of rotatable bonds is 8. The number of carbonyl (C=O) groups excluding carboxylic acids is 1. The third-order valence-electron chi connectivity index (χ3n) is 4.19. The first kappa shape index (κ1) is 19.7. The highest BCUT2D eigenvalue weighted by Crippen LogP contribution is 2.38. The Hall–Kier alpha value is -3.06. The summed E-state index contributed by atoms with van der Waals surface area (Å²) < 4.78 is 16.0. The van der Waals surface area contributed by atoms with Crippen molar-refractivity contribution in [1.82, 2.24) is 4.98 Å². The second kappa shape index (κ2) is 9.23. The van der Waals surface area contributed by atoms with Crippen molar-refractivity contribution in [3.05, 3.63) is 53.4 Å². The van der Waals surface area contributed by atoms with E-state index < -0.39 is 0 Å². The number of nitrogens with zero attached hydrogens (tertiary/aromatic N) is 1. The second-order valence-electron chi connectivity index (χ2n) is 5.99. The summed E-state index contributed by atoms with van der Waals surface area (Å²) in [5.74, 6) is 1.59. The van der Waals surface area contributed by atoms with Crippen molar-refractivity contribution in [2.24, 2.45) is 0 Å². The van der Waals surface area contributed by atoms with Gasteiger partial charge in [-0.15, -0.1) is 11.3 Å². The number of anilines is 1. The Morgan fingerprint density at radius 1 is 1.04 bits per heavy atom. The number of hydrogen-bond donors (Lipinski definition) is 1. The topological polar surface area (TPSA) is 69.7 Å². The van der Waals surface area contributed by atoms with Crippen LogP contribution in [0.25, 0.3) is 11.3 Å². The van der Waals surface area contributed by atoms with Crippen LogP contribution in [0.15, 0.2) is 47.8 Å². The first-order valence-corrected chi connectivity index (χ1v) is 9.62. The van der Waals surface area contributed by atoms with E-state index in [2.05, 4.69) is 10.3 Å². The van der Waals surface area contributed by atoms with E-state index in [0.29, 0.717) is 35.2 Å². The summed E-state index contributed by atoms with van der Waals surface area (Å²) in [5, 5.41) is 5.39. The highest BCUT2D eigenvalue weighted by molar-refractivity contribution is 7.14. The molecule has 0 unspecified atom stereocenters. The average Bonchev–Trinajstić information content (AvgIpc) is 3.20. The summed E-state index contributed by atoms with van der Waals surface area (Å²) >= 11 is 1.41. The van der Waals surface area contributed by atoms with Crippen LogP contribution < -0.4 is 19.5 Å². The molecule has 1 amide bonds. The summed E-state index contributed by atoms with van der Waals surface area (Å²) in [6, 6.07) is 13.6. The van der Waals surface area contributed by atoms with Crippen LogP contribution in [-0.4, -0.2) is 32.2 Å². The van der Waals surface area contributed by atoms with Crippen molar-refractivity contribution in [3.8, 4) is 28.5 Å². The van der Waals surface area contributed by atoms with E-state index in [-0.39, 0.29) is 5.91 Å². The van der Waals surface area contributed by atoms with Crippen LogP contribution in [0, 0.1) is 0 Å². The number of hydrogen-bond acceptors (Lipinski definition) is 6. The Morgan fingerprint density at radius 3 is 2.32 bits per heavy atom. The molecule has 146 valence electrons. The van der Waals surface area contributed by atoms with Gasteiger partial charge in [-0.3, -0.25) is 4.79 Å². The third-order valence-corrected chi connectivity index (χ3v) is 4.94. The monoisotopic (exact) mass is 398 g/mol. The van der Waals surface area contributed by atoms with Crippen LogP contribution in [0.4, 0.5) is 5.13 Å². The minimum Gasteiger partial charge on any atom is -0.493 e. The average molecular weight is 398 g/mol. The number of benzene rings is 2. The molecule has 3 aromatic rings. The minimum atomic E-state index is -0.0947. The second-order valence-corrected chi connectivity index (χ2v) is 6.84. The maximum absolute atomic E-state index is 12.3. The van der Waals surface area contributed by atoms with Crippen LogP contribution in [0.3, 0.4) is 0 Å². The summed E-state index contributed by atoms with van der Waals surface area (Å²) in [7, 11) is 4.70. The molecule has 0 bridgehead atoms. The molecular formula is C21H22N2O4S. The Bertz CT molecular complexity index is 916. The molecule has 0 saturated heterocycles. The van der Waals surface area contributed by atoms with E-state index in [0.717, 1.165) is 16.8 Å². The summed E-state index contributed by atoms with van der Waals surface area (Å²) in [5.41, 5.74) is 2.80. The van der Waals surface area contributed by atoms with Crippen LogP contribution in [0.1, 0.15) is 12.0 Å². The van der Waals surface area contributed by atoms with Gasteiger partial charge in [-0.05, 0) is 24.1 Å². The van der Waals surface area contributed by atoms with Gasteiger partial charge in [-0.25, -0.2) is 4.98 Å². The van der Waals surface area contributed by atoms with Crippen molar-refractivity contribution in [1.29, 1.82) is 0 Å². The molecule has 0 aliphatic heterocycles. The molecule has 0 atom stereocenters. The number of thiazole rings is 1. The van der Waals surface area contributed by atoms with E-state index in [1.807, 2.05) is 47.8 Å². The lowest BCUT2D eigenvalue weighted by Gasteiger charge is -2.14. The Morgan fingerprint density at radius 2 is 1.71 bits per heavy atom. The van der Waals surface area contributed by atoms with Gasteiger partial charge < -0.3 is 19.5 Å². The molecule has 28 heavy (non-hydrogen) atoms. The lowest BCUT2D eigenvalue weighted by molar-refractivity contribution is -0.116. The van der Waals surface area contributed by atoms with Gasteiger partial charge in [0.15, 0.2) is 16.6 Å². The zero-order valence-electron chi connectivity index (χ0n) is 16.0. The zero-order valence-corrected chi connectivity index (χ0v) is 16.8. The third kappa shape index (κ3) is 4.61. The van der Waals surface area contributed by atoms with Crippen LogP contribution in [-0.2, 0) is 11.2 Å². The molecule has 1 N–H and O–H groups in total. The van der Waals surface area contributed by atoms with Gasteiger partial charge in [-0.1, -0.05) is 30.3 Å². The largest absolute Gasteiger partial charge is 0.493 e. The molecule has 1 aromatic heterocycles. The standard InChI is InChI=1S/C21H22N2O4S/c1-25-17-11-14(12-18(26-2)20(17)27-3)9-10-19(24)23-21-22-16(13-28-21)15-7-5-4-6-8-15/h4-8,11-13H,9-10H2,1-3H3,(H,22,23,24). The molecule has 2 aromatic carbocycles. The van der Waals surface area contributed by atoms with Gasteiger partial charge in [-0.2, -0.15) is 0 Å². The number of aryl methyl sites for hydroxylation is 1. The number of aromatic nitrogens is 1. The molecule has 3 rings (SSSR count). The number of amides is 1. The number of ether oxygens (including phenoxy) is 3. The molecule has 0 radical (unpaired) electrons. The molecule has 0 spiro atoms. The van der Waals surface area contributed by atoms with Crippen LogP contribution in [0.5, 0.6) is 17.2 Å². The molecule has 0 fully saturated rings. The first-order valence-electron chi connectivity index (χ1n) is 8.74. The molecule has 1 heterocycles. The molecule has 6 nitrogen and oxygen atoms in total. The van der Waals surface area contributed by atoms with E-state index in [4.69, 9.17) is 14.2 Å². The predicted octanol–water partition coefficient (Wildman–Crippen LogP) is 4.41.